The number of phenols is 2. The predicted molar refractivity (Wildman–Crippen MR) is 134 cm³/mol. The number of aromatic nitrogens is 2. The number of anilines is 2. The minimum absolute atomic E-state index is 0.0424. The van der Waals surface area contributed by atoms with Crippen molar-refractivity contribution in [1.29, 1.82) is 0 Å². The molecule has 2 aliphatic heterocycles. The highest BCUT2D eigenvalue weighted by Gasteiger charge is 2.30. The topological polar surface area (TPSA) is 106 Å². The van der Waals surface area contributed by atoms with E-state index in [-0.39, 0.29) is 36.0 Å². The van der Waals surface area contributed by atoms with Gasteiger partial charge in [-0.3, -0.25) is 4.79 Å². The van der Waals surface area contributed by atoms with Crippen LogP contribution in [-0.4, -0.2) is 95.4 Å². The van der Waals surface area contributed by atoms with Gasteiger partial charge >= 0.3 is 6.01 Å². The van der Waals surface area contributed by atoms with Crippen LogP contribution in [0.1, 0.15) is 18.2 Å². The maximum atomic E-state index is 14.1. The summed E-state index contributed by atoms with van der Waals surface area (Å²) in [6.45, 7) is 9.16. The van der Waals surface area contributed by atoms with E-state index in [0.717, 1.165) is 17.4 Å². The van der Waals surface area contributed by atoms with E-state index in [1.165, 1.54) is 12.1 Å². The molecule has 4 rings (SSSR count). The van der Waals surface area contributed by atoms with Gasteiger partial charge in [-0.1, -0.05) is 6.58 Å². The second-order valence-electron chi connectivity index (χ2n) is 9.40. The van der Waals surface area contributed by atoms with Gasteiger partial charge in [-0.2, -0.15) is 9.97 Å². The number of carbonyl (C=O) groups excluding carboxylic acids is 1. The molecule has 0 unspecified atom stereocenters. The van der Waals surface area contributed by atoms with E-state index in [0.29, 0.717) is 51.4 Å². The van der Waals surface area contributed by atoms with E-state index in [4.69, 9.17) is 9.72 Å². The van der Waals surface area contributed by atoms with Crippen LogP contribution in [0.4, 0.5) is 15.9 Å². The van der Waals surface area contributed by atoms with Crippen molar-refractivity contribution in [2.75, 3.05) is 63.2 Å². The standard InChI is InChI=1S/C25H33FN6O4/c1-5-21(34)30-10-12-31(13-11-30)24-17-8-9-32(22-20(33)7-6-18(26)23(22)35)15-19(17)27-25(28-24)36-16(2)14-29(3)4/h5-7,16,33,35H,1,8-15H2,2-4H3/t16-/m1/s1. The Morgan fingerprint density at radius 3 is 2.58 bits per heavy atom. The number of carbonyl (C=O) groups is 1. The first-order valence-electron chi connectivity index (χ1n) is 12.0. The van der Waals surface area contributed by atoms with E-state index in [9.17, 15) is 19.4 Å². The number of hydrogen-bond acceptors (Lipinski definition) is 9. The second kappa shape index (κ2) is 10.6. The van der Waals surface area contributed by atoms with Crippen LogP contribution in [0.3, 0.4) is 0 Å². The molecule has 0 saturated carbocycles. The molecular formula is C25H33FN6O4. The largest absolute Gasteiger partial charge is 0.506 e. The molecule has 3 heterocycles. The molecule has 1 aromatic heterocycles. The number of fused-ring (bicyclic) bond motifs is 1. The van der Waals surface area contributed by atoms with Crippen molar-refractivity contribution in [3.05, 3.63) is 41.9 Å². The molecule has 11 heteroatoms. The second-order valence-corrected chi connectivity index (χ2v) is 9.40. The van der Waals surface area contributed by atoms with Gasteiger partial charge in [0, 0.05) is 44.8 Å². The Balaban J connectivity index is 1.66. The fourth-order valence-corrected chi connectivity index (χ4v) is 4.75. The maximum absolute atomic E-state index is 14.1. The average Bonchev–Trinajstić information content (AvgIpc) is 2.85. The zero-order chi connectivity index (χ0) is 26.0. The van der Waals surface area contributed by atoms with Gasteiger partial charge in [-0.25, -0.2) is 4.39 Å². The fraction of sp³-hybridized carbons (Fsp3) is 0.480. The molecular weight excluding hydrogens is 467 g/mol. The van der Waals surface area contributed by atoms with Gasteiger partial charge in [0.25, 0.3) is 0 Å². The first kappa shape index (κ1) is 25.5. The number of amides is 1. The van der Waals surface area contributed by atoms with E-state index >= 15 is 0 Å². The number of phenolic OH excluding ortho intramolecular Hbond substituents is 2. The molecule has 0 aliphatic carbocycles. The Morgan fingerprint density at radius 2 is 1.92 bits per heavy atom. The highest BCUT2D eigenvalue weighted by Crippen LogP contribution is 2.41. The number of halogens is 1. The summed E-state index contributed by atoms with van der Waals surface area (Å²) < 4.78 is 20.1. The Bertz CT molecular complexity index is 1140. The quantitative estimate of drug-likeness (QED) is 0.550. The molecule has 1 aromatic carbocycles. The van der Waals surface area contributed by atoms with Crippen molar-refractivity contribution in [1.82, 2.24) is 19.8 Å². The van der Waals surface area contributed by atoms with E-state index in [1.54, 1.807) is 9.80 Å². The van der Waals surface area contributed by atoms with Crippen LogP contribution >= 0.6 is 0 Å². The molecule has 2 aliphatic rings. The number of rotatable bonds is 7. The van der Waals surface area contributed by atoms with Gasteiger partial charge in [0.2, 0.25) is 5.91 Å². The van der Waals surface area contributed by atoms with Gasteiger partial charge in [0.05, 0.1) is 12.2 Å². The van der Waals surface area contributed by atoms with Crippen molar-refractivity contribution >= 4 is 17.4 Å². The molecule has 1 atom stereocenters. The average molecular weight is 501 g/mol. The highest BCUT2D eigenvalue weighted by atomic mass is 19.1. The molecule has 2 N–H and O–H groups in total. The van der Waals surface area contributed by atoms with Crippen molar-refractivity contribution < 1.29 is 24.1 Å². The Labute approximate surface area is 210 Å². The molecule has 0 spiro atoms. The minimum Gasteiger partial charge on any atom is -0.506 e. The first-order valence-corrected chi connectivity index (χ1v) is 12.0. The van der Waals surface area contributed by atoms with Gasteiger partial charge in [0.15, 0.2) is 11.6 Å². The summed E-state index contributed by atoms with van der Waals surface area (Å²) in [5, 5.41) is 20.6. The first-order chi connectivity index (χ1) is 17.2. The van der Waals surface area contributed by atoms with Crippen LogP contribution in [0.2, 0.25) is 0 Å². The molecule has 194 valence electrons. The third-order valence-corrected chi connectivity index (χ3v) is 6.41. The molecule has 1 amide bonds. The Kier molecular flexibility index (Phi) is 7.48. The van der Waals surface area contributed by atoms with Gasteiger partial charge < -0.3 is 34.5 Å². The summed E-state index contributed by atoms with van der Waals surface area (Å²) in [5.41, 5.74) is 1.67. The highest BCUT2D eigenvalue weighted by molar-refractivity contribution is 5.87. The van der Waals surface area contributed by atoms with Crippen molar-refractivity contribution in [2.24, 2.45) is 0 Å². The summed E-state index contributed by atoms with van der Waals surface area (Å²) >= 11 is 0. The number of hydrogen-bond donors (Lipinski definition) is 2. The van der Waals surface area contributed by atoms with Crippen LogP contribution in [0.25, 0.3) is 0 Å². The summed E-state index contributed by atoms with van der Waals surface area (Å²) in [6.07, 6.45) is 1.69. The number of nitrogens with zero attached hydrogens (tertiary/aromatic N) is 6. The molecule has 10 nitrogen and oxygen atoms in total. The zero-order valence-electron chi connectivity index (χ0n) is 20.9. The third-order valence-electron chi connectivity index (χ3n) is 6.41. The van der Waals surface area contributed by atoms with E-state index in [1.807, 2.05) is 25.9 Å². The molecule has 0 radical (unpaired) electrons. The lowest BCUT2D eigenvalue weighted by Crippen LogP contribution is -2.49. The van der Waals surface area contributed by atoms with Crippen LogP contribution in [0, 0.1) is 5.82 Å². The lowest BCUT2D eigenvalue weighted by Gasteiger charge is -2.38. The van der Waals surface area contributed by atoms with Gasteiger partial charge in [-0.15, -0.1) is 0 Å². The summed E-state index contributed by atoms with van der Waals surface area (Å²) in [5.74, 6) is -0.931. The summed E-state index contributed by atoms with van der Waals surface area (Å²) in [4.78, 5) is 29.1. The normalized spacial score (nSPS) is 16.6. The number of aromatic hydroxyl groups is 2. The van der Waals surface area contributed by atoms with E-state index < -0.39 is 11.6 Å². The van der Waals surface area contributed by atoms with Crippen LogP contribution in [0.5, 0.6) is 17.5 Å². The van der Waals surface area contributed by atoms with Crippen molar-refractivity contribution in [2.45, 2.75) is 26.0 Å². The number of piperazine rings is 1. The lowest BCUT2D eigenvalue weighted by molar-refractivity contribution is -0.126. The van der Waals surface area contributed by atoms with Gasteiger partial charge in [-0.05, 0) is 45.6 Å². The Morgan fingerprint density at radius 1 is 1.19 bits per heavy atom. The number of benzene rings is 1. The number of likely N-dealkylation sites (N-methyl/N-ethyl adjacent to an activating group) is 1. The smallest absolute Gasteiger partial charge is 0.318 e. The van der Waals surface area contributed by atoms with E-state index in [2.05, 4.69) is 16.5 Å². The minimum atomic E-state index is -0.801. The van der Waals surface area contributed by atoms with Crippen molar-refractivity contribution in [3.63, 3.8) is 0 Å². The number of ether oxygens (including phenoxy) is 1. The van der Waals surface area contributed by atoms with Crippen LogP contribution in [-0.2, 0) is 17.8 Å². The summed E-state index contributed by atoms with van der Waals surface area (Å²) in [7, 11) is 3.91. The summed E-state index contributed by atoms with van der Waals surface area (Å²) in [6, 6.07) is 2.49. The molecule has 2 aromatic rings. The predicted octanol–water partition coefficient (Wildman–Crippen LogP) is 1.75. The van der Waals surface area contributed by atoms with Gasteiger partial charge in [0.1, 0.15) is 23.4 Å². The molecule has 1 fully saturated rings. The van der Waals surface area contributed by atoms with Crippen molar-refractivity contribution in [3.8, 4) is 17.5 Å². The molecule has 0 bridgehead atoms. The fourth-order valence-electron chi connectivity index (χ4n) is 4.75. The Hall–Kier alpha value is -3.60. The molecule has 1 saturated heterocycles. The monoisotopic (exact) mass is 500 g/mol. The lowest BCUT2D eigenvalue weighted by atomic mass is 10.0. The third kappa shape index (κ3) is 5.30. The molecule has 36 heavy (non-hydrogen) atoms. The van der Waals surface area contributed by atoms with Crippen LogP contribution < -0.4 is 14.5 Å². The SMILES string of the molecule is C=CC(=O)N1CCN(c2nc(O[C@H](C)CN(C)C)nc3c2CCN(c2c(O)ccc(F)c2O)C3)CC1. The van der Waals surface area contributed by atoms with Crippen LogP contribution in [0.15, 0.2) is 24.8 Å². The zero-order valence-corrected chi connectivity index (χ0v) is 20.9. The maximum Gasteiger partial charge on any atom is 0.318 e.